The lowest BCUT2D eigenvalue weighted by molar-refractivity contribution is 0.563. The second kappa shape index (κ2) is 6.15. The van der Waals surface area contributed by atoms with Gasteiger partial charge in [-0.1, -0.05) is 80.4 Å². The maximum atomic E-state index is 6.45. The van der Waals surface area contributed by atoms with Crippen LogP contribution in [-0.2, 0) is 5.41 Å². The molecule has 2 heterocycles. The second-order valence-electron chi connectivity index (χ2n) is 7.23. The lowest BCUT2D eigenvalue weighted by Gasteiger charge is -2.14. The molecule has 2 aromatic heterocycles. The molecular weight excluding hydrogens is 367 g/mol. The summed E-state index contributed by atoms with van der Waals surface area (Å²) in [5.74, 6) is 0.801. The Labute approximate surface area is 161 Å². The lowest BCUT2D eigenvalue weighted by atomic mass is 9.92. The lowest BCUT2D eigenvalue weighted by Crippen LogP contribution is -2.13. The van der Waals surface area contributed by atoms with Crippen molar-refractivity contribution in [1.29, 1.82) is 0 Å². The van der Waals surface area contributed by atoms with E-state index in [4.69, 9.17) is 33.3 Å². The summed E-state index contributed by atoms with van der Waals surface area (Å²) in [6.07, 6.45) is 0. The van der Waals surface area contributed by atoms with Gasteiger partial charge in [-0.2, -0.15) is 5.10 Å². The van der Waals surface area contributed by atoms with Crippen LogP contribution in [0.25, 0.3) is 28.2 Å². The summed E-state index contributed by atoms with van der Waals surface area (Å²) in [5.41, 5.74) is 4.13. The molecule has 2 aromatic carbocycles. The monoisotopic (exact) mass is 384 g/mol. The van der Waals surface area contributed by atoms with Crippen molar-refractivity contribution in [2.24, 2.45) is 0 Å². The average Bonchev–Trinajstić information content (AvgIpc) is 3.17. The standard InChI is InChI=1S/C20H18Cl2N4/c1-20(2,3)17-16-19(24-18(23-16)12-8-5-4-6-9-12)26(25-17)14-11-7-10-13(21)15(14)22/h4-11H,1-3H3,(H,23,24). The highest BCUT2D eigenvalue weighted by Crippen LogP contribution is 2.35. The number of imidazole rings is 1. The summed E-state index contributed by atoms with van der Waals surface area (Å²) < 4.78 is 1.80. The number of rotatable bonds is 2. The smallest absolute Gasteiger partial charge is 0.161 e. The molecule has 0 bridgehead atoms. The summed E-state index contributed by atoms with van der Waals surface area (Å²) in [6.45, 7) is 6.36. The van der Waals surface area contributed by atoms with Gasteiger partial charge in [0.15, 0.2) is 5.65 Å². The summed E-state index contributed by atoms with van der Waals surface area (Å²) in [6, 6.07) is 15.6. The zero-order chi connectivity index (χ0) is 18.5. The molecule has 26 heavy (non-hydrogen) atoms. The number of fused-ring (bicyclic) bond motifs is 1. The molecule has 4 nitrogen and oxygen atoms in total. The minimum absolute atomic E-state index is 0.169. The fourth-order valence-corrected chi connectivity index (χ4v) is 3.32. The van der Waals surface area contributed by atoms with Crippen molar-refractivity contribution < 1.29 is 0 Å². The molecule has 0 radical (unpaired) electrons. The van der Waals surface area contributed by atoms with Crippen LogP contribution in [0.1, 0.15) is 26.5 Å². The number of halogens is 2. The number of aromatic amines is 1. The first-order valence-corrected chi connectivity index (χ1v) is 9.11. The zero-order valence-electron chi connectivity index (χ0n) is 14.7. The second-order valence-corrected chi connectivity index (χ2v) is 8.02. The van der Waals surface area contributed by atoms with Crippen LogP contribution in [0.4, 0.5) is 0 Å². The molecule has 0 saturated carbocycles. The van der Waals surface area contributed by atoms with E-state index in [2.05, 4.69) is 25.8 Å². The minimum atomic E-state index is -0.169. The molecule has 0 aliphatic carbocycles. The van der Waals surface area contributed by atoms with Gasteiger partial charge in [0, 0.05) is 11.0 Å². The highest BCUT2D eigenvalue weighted by atomic mass is 35.5. The van der Waals surface area contributed by atoms with Gasteiger partial charge < -0.3 is 4.98 Å². The Hall–Kier alpha value is -2.30. The quantitative estimate of drug-likeness (QED) is 0.459. The van der Waals surface area contributed by atoms with Crippen molar-refractivity contribution >= 4 is 34.4 Å². The molecule has 0 amide bonds. The fraction of sp³-hybridized carbons (Fsp3) is 0.200. The van der Waals surface area contributed by atoms with Gasteiger partial charge in [-0.3, -0.25) is 0 Å². The van der Waals surface area contributed by atoms with Crippen molar-refractivity contribution in [3.05, 3.63) is 64.3 Å². The Balaban J connectivity index is 2.02. The third kappa shape index (κ3) is 2.79. The maximum absolute atomic E-state index is 6.45. The van der Waals surface area contributed by atoms with E-state index in [-0.39, 0.29) is 5.41 Å². The number of benzene rings is 2. The number of aromatic nitrogens is 4. The minimum Gasteiger partial charge on any atom is -0.322 e. The van der Waals surface area contributed by atoms with E-state index >= 15 is 0 Å². The first-order chi connectivity index (χ1) is 12.4. The maximum Gasteiger partial charge on any atom is 0.161 e. The zero-order valence-corrected chi connectivity index (χ0v) is 16.2. The fourth-order valence-electron chi connectivity index (χ4n) is 2.95. The highest BCUT2D eigenvalue weighted by molar-refractivity contribution is 6.43. The number of hydrogen-bond donors (Lipinski definition) is 1. The largest absolute Gasteiger partial charge is 0.322 e. The predicted molar refractivity (Wildman–Crippen MR) is 107 cm³/mol. The molecule has 0 atom stereocenters. The van der Waals surface area contributed by atoms with E-state index in [1.807, 2.05) is 42.5 Å². The van der Waals surface area contributed by atoms with Crippen LogP contribution in [0.5, 0.6) is 0 Å². The van der Waals surface area contributed by atoms with Crippen molar-refractivity contribution in [2.45, 2.75) is 26.2 Å². The van der Waals surface area contributed by atoms with Crippen LogP contribution in [0.15, 0.2) is 48.5 Å². The van der Waals surface area contributed by atoms with Crippen LogP contribution in [0.3, 0.4) is 0 Å². The summed E-state index contributed by atoms with van der Waals surface area (Å²) >= 11 is 12.7. The Morgan fingerprint density at radius 3 is 2.38 bits per heavy atom. The van der Waals surface area contributed by atoms with E-state index in [0.29, 0.717) is 10.0 Å². The van der Waals surface area contributed by atoms with Crippen molar-refractivity contribution in [2.75, 3.05) is 0 Å². The van der Waals surface area contributed by atoms with Gasteiger partial charge in [-0.05, 0) is 12.1 Å². The molecule has 0 aliphatic rings. The molecule has 4 rings (SSSR count). The van der Waals surface area contributed by atoms with E-state index in [1.165, 1.54) is 0 Å². The van der Waals surface area contributed by atoms with Gasteiger partial charge in [0.2, 0.25) is 0 Å². The van der Waals surface area contributed by atoms with Gasteiger partial charge in [-0.25, -0.2) is 9.67 Å². The highest BCUT2D eigenvalue weighted by Gasteiger charge is 2.27. The van der Waals surface area contributed by atoms with Crippen molar-refractivity contribution in [3.63, 3.8) is 0 Å². The molecule has 6 heteroatoms. The third-order valence-corrected chi connectivity index (χ3v) is 5.05. The topological polar surface area (TPSA) is 46.5 Å². The molecule has 1 N–H and O–H groups in total. The number of nitrogens with one attached hydrogen (secondary N) is 1. The molecule has 4 aromatic rings. The molecule has 0 saturated heterocycles. The van der Waals surface area contributed by atoms with Crippen molar-refractivity contribution in [3.8, 4) is 17.1 Å². The third-order valence-electron chi connectivity index (χ3n) is 4.24. The van der Waals surface area contributed by atoms with E-state index < -0.39 is 0 Å². The number of H-pyrrole nitrogens is 1. The molecule has 0 spiro atoms. The molecule has 0 fully saturated rings. The number of hydrogen-bond acceptors (Lipinski definition) is 2. The van der Waals surface area contributed by atoms with E-state index in [0.717, 1.165) is 33.9 Å². The first-order valence-electron chi connectivity index (χ1n) is 8.35. The van der Waals surface area contributed by atoms with Gasteiger partial charge in [-0.15, -0.1) is 0 Å². The predicted octanol–water partition coefficient (Wildman–Crippen LogP) is 6.02. The summed E-state index contributed by atoms with van der Waals surface area (Å²) in [7, 11) is 0. The first kappa shape index (κ1) is 17.1. The van der Waals surface area contributed by atoms with E-state index in [1.54, 1.807) is 10.7 Å². The van der Waals surface area contributed by atoms with Gasteiger partial charge in [0.1, 0.15) is 11.3 Å². The number of nitrogens with zero attached hydrogens (tertiary/aromatic N) is 3. The average molecular weight is 385 g/mol. The van der Waals surface area contributed by atoms with E-state index in [9.17, 15) is 0 Å². The van der Waals surface area contributed by atoms with Crippen LogP contribution < -0.4 is 0 Å². The molecular formula is C20H18Cl2N4. The Kier molecular flexibility index (Phi) is 4.05. The summed E-state index contributed by atoms with van der Waals surface area (Å²) in [4.78, 5) is 8.24. The van der Waals surface area contributed by atoms with Crippen LogP contribution in [0, 0.1) is 0 Å². The molecule has 0 unspecified atom stereocenters. The Morgan fingerprint density at radius 2 is 1.69 bits per heavy atom. The summed E-state index contributed by atoms with van der Waals surface area (Å²) in [5, 5.41) is 5.77. The van der Waals surface area contributed by atoms with Crippen LogP contribution in [0.2, 0.25) is 10.0 Å². The van der Waals surface area contributed by atoms with Gasteiger partial charge >= 0.3 is 0 Å². The normalized spacial score (nSPS) is 12.0. The SMILES string of the molecule is CC(C)(C)c1nn(-c2cccc(Cl)c2Cl)c2[nH]c(-c3ccccc3)nc12. The van der Waals surface area contributed by atoms with Crippen LogP contribution in [-0.4, -0.2) is 19.7 Å². The van der Waals surface area contributed by atoms with Gasteiger partial charge in [0.05, 0.1) is 21.4 Å². The van der Waals surface area contributed by atoms with Crippen molar-refractivity contribution in [1.82, 2.24) is 19.7 Å². The Morgan fingerprint density at radius 1 is 0.962 bits per heavy atom. The molecule has 132 valence electrons. The van der Waals surface area contributed by atoms with Crippen LogP contribution >= 0.6 is 23.2 Å². The Bertz CT molecular complexity index is 1090. The molecule has 0 aliphatic heterocycles. The van der Waals surface area contributed by atoms with Gasteiger partial charge in [0.25, 0.3) is 0 Å².